The Balaban J connectivity index is 0.000000177. The van der Waals surface area contributed by atoms with Crippen LogP contribution in [0, 0.1) is 0 Å². The molecule has 0 aliphatic heterocycles. The van der Waals surface area contributed by atoms with Crippen molar-refractivity contribution in [3.05, 3.63) is 146 Å². The summed E-state index contributed by atoms with van der Waals surface area (Å²) >= 11 is 0. The van der Waals surface area contributed by atoms with E-state index in [9.17, 15) is 14.4 Å². The summed E-state index contributed by atoms with van der Waals surface area (Å²) in [6.07, 6.45) is 0. The highest BCUT2D eigenvalue weighted by Gasteiger charge is 2.19. The van der Waals surface area contributed by atoms with Crippen molar-refractivity contribution < 1.29 is 24.3 Å². The number of carboxylic acid groups (broad SMARTS) is 1. The van der Waals surface area contributed by atoms with Gasteiger partial charge in [-0.05, 0) is 67.4 Å². The third-order valence-electron chi connectivity index (χ3n) is 9.18. The first-order chi connectivity index (χ1) is 27.4. The van der Waals surface area contributed by atoms with E-state index in [0.717, 1.165) is 78.0 Å². The van der Waals surface area contributed by atoms with Crippen LogP contribution in [-0.4, -0.2) is 28.8 Å². The van der Waals surface area contributed by atoms with Crippen LogP contribution in [0.15, 0.2) is 146 Å². The van der Waals surface area contributed by atoms with Crippen molar-refractivity contribution in [1.29, 1.82) is 0 Å². The molecule has 0 fully saturated rings. The van der Waals surface area contributed by atoms with Gasteiger partial charge in [-0.3, -0.25) is 19.2 Å². The highest BCUT2D eigenvalue weighted by Crippen LogP contribution is 2.44. The second kappa shape index (κ2) is 17.3. The third-order valence-corrected chi connectivity index (χ3v) is 9.18. The summed E-state index contributed by atoms with van der Waals surface area (Å²) in [6.45, 7) is 5.60. The summed E-state index contributed by atoms with van der Waals surface area (Å²) < 4.78 is 0. The highest BCUT2D eigenvalue weighted by atomic mass is 16.4. The largest absolute Gasteiger partial charge is 0.481 e. The first-order valence-corrected chi connectivity index (χ1v) is 18.3. The van der Waals surface area contributed by atoms with E-state index in [2.05, 4.69) is 40.2 Å². The minimum absolute atomic E-state index is 0.102. The van der Waals surface area contributed by atoms with Crippen molar-refractivity contribution in [2.45, 2.75) is 27.7 Å². The van der Waals surface area contributed by atoms with E-state index in [4.69, 9.17) is 15.6 Å². The molecule has 8 aromatic rings. The minimum Gasteiger partial charge on any atom is -0.481 e. The number of benzene rings is 8. The molecule has 0 aliphatic rings. The van der Waals surface area contributed by atoms with E-state index in [1.54, 1.807) is 0 Å². The molecule has 0 bridgehead atoms. The summed E-state index contributed by atoms with van der Waals surface area (Å²) in [6, 6.07) is 48.1. The zero-order chi connectivity index (χ0) is 40.6. The minimum atomic E-state index is -0.833. The lowest BCUT2D eigenvalue weighted by Crippen LogP contribution is -2.10. The number of rotatable bonds is 5. The van der Waals surface area contributed by atoms with Gasteiger partial charge in [0.1, 0.15) is 0 Å². The van der Waals surface area contributed by atoms with Gasteiger partial charge in [0.05, 0.1) is 0 Å². The van der Waals surface area contributed by atoms with E-state index in [1.807, 2.05) is 121 Å². The molecule has 0 aromatic heterocycles. The Morgan fingerprint density at radius 1 is 0.386 bits per heavy atom. The summed E-state index contributed by atoms with van der Waals surface area (Å²) in [4.78, 5) is 44.5. The van der Waals surface area contributed by atoms with Gasteiger partial charge in [-0.2, -0.15) is 0 Å². The number of carbonyl (C=O) groups excluding carboxylic acids is 3. The van der Waals surface area contributed by atoms with Crippen molar-refractivity contribution in [3.8, 4) is 22.3 Å². The predicted octanol–water partition coefficient (Wildman–Crippen LogP) is 10.9. The summed E-state index contributed by atoms with van der Waals surface area (Å²) in [7, 11) is 0. The van der Waals surface area contributed by atoms with E-state index in [1.165, 1.54) is 20.8 Å². The van der Waals surface area contributed by atoms with Crippen LogP contribution in [0.3, 0.4) is 0 Å². The van der Waals surface area contributed by atoms with Gasteiger partial charge in [-0.15, -0.1) is 0 Å². The smallest absolute Gasteiger partial charge is 0.300 e. The molecule has 0 spiro atoms. The van der Waals surface area contributed by atoms with E-state index in [-0.39, 0.29) is 17.7 Å². The Labute approximate surface area is 330 Å². The van der Waals surface area contributed by atoms with Crippen molar-refractivity contribution in [3.63, 3.8) is 0 Å². The van der Waals surface area contributed by atoms with Crippen molar-refractivity contribution in [2.24, 2.45) is 0 Å². The Morgan fingerprint density at radius 3 is 0.930 bits per heavy atom. The number of nitrogens with one attached hydrogen (secondary N) is 3. The Kier molecular flexibility index (Phi) is 11.9. The van der Waals surface area contributed by atoms with Crippen LogP contribution < -0.4 is 21.7 Å². The van der Waals surface area contributed by atoms with Gasteiger partial charge in [-0.1, -0.05) is 121 Å². The average Bonchev–Trinajstić information content (AvgIpc) is 3.18. The SMILES string of the molecule is CC(=O)Nc1ccc2ccccc2c1-c1c(N)ccc2ccccc12.CC(=O)Nc1ccc2ccccc2c1-c1c(NC(C)=O)ccc2ccccc12.CC(=O)O. The predicted molar refractivity (Wildman–Crippen MR) is 234 cm³/mol. The standard InChI is InChI=1S/C24H20N2O2.C22H18N2O.C2H4O2/c1-15(27)25-21-13-11-17-7-3-5-9-19(17)23(21)24-20-10-6-4-8-18(20)12-14-22(24)26-16(2)28;1-14(25)24-20-13-11-16-7-3-5-9-18(16)22(20)21-17-8-4-2-6-15(17)10-12-19(21)23;1-2(3)4/h3-14H,1-2H3,(H,25,27)(H,26,28);2-13H,23H2,1H3,(H,24,25);1H3,(H,3,4). The van der Waals surface area contributed by atoms with Gasteiger partial charge in [0.2, 0.25) is 17.7 Å². The molecular formula is C48H42N4O5. The number of carboxylic acids is 1. The number of amides is 3. The number of nitrogens with two attached hydrogens (primary N) is 1. The quantitative estimate of drug-likeness (QED) is 0.110. The Morgan fingerprint density at radius 2 is 0.632 bits per heavy atom. The monoisotopic (exact) mass is 754 g/mol. The van der Waals surface area contributed by atoms with E-state index >= 15 is 0 Å². The Bertz CT molecular complexity index is 2730. The molecule has 0 unspecified atom stereocenters. The molecule has 0 heterocycles. The van der Waals surface area contributed by atoms with Crippen molar-refractivity contribution in [2.75, 3.05) is 21.7 Å². The molecule has 0 saturated heterocycles. The van der Waals surface area contributed by atoms with Crippen LogP contribution in [-0.2, 0) is 19.2 Å². The average molecular weight is 755 g/mol. The highest BCUT2D eigenvalue weighted by molar-refractivity contribution is 6.17. The number of aliphatic carboxylic acids is 1. The summed E-state index contributed by atoms with van der Waals surface area (Å²) in [5.74, 6) is -1.22. The molecule has 0 aliphatic carbocycles. The van der Waals surface area contributed by atoms with Gasteiger partial charge in [0.25, 0.3) is 5.97 Å². The maximum Gasteiger partial charge on any atom is 0.300 e. The summed E-state index contributed by atoms with van der Waals surface area (Å²) in [5, 5.41) is 24.8. The number of hydrogen-bond acceptors (Lipinski definition) is 5. The second-order valence-corrected chi connectivity index (χ2v) is 13.4. The van der Waals surface area contributed by atoms with E-state index < -0.39 is 5.97 Å². The molecule has 0 saturated carbocycles. The normalized spacial score (nSPS) is 10.5. The molecule has 6 N–H and O–H groups in total. The molecule has 9 nitrogen and oxygen atoms in total. The fourth-order valence-corrected chi connectivity index (χ4v) is 7.07. The fraction of sp³-hybridized carbons (Fsp3) is 0.0833. The van der Waals surface area contributed by atoms with Crippen LogP contribution in [0.25, 0.3) is 65.3 Å². The van der Waals surface area contributed by atoms with Crippen molar-refractivity contribution in [1.82, 2.24) is 0 Å². The molecule has 9 heteroatoms. The number of fused-ring (bicyclic) bond motifs is 4. The van der Waals surface area contributed by atoms with Gasteiger partial charge in [-0.25, -0.2) is 0 Å². The lowest BCUT2D eigenvalue weighted by molar-refractivity contribution is -0.134. The zero-order valence-corrected chi connectivity index (χ0v) is 32.0. The number of nitrogen functional groups attached to an aromatic ring is 1. The molecule has 3 amide bonds. The van der Waals surface area contributed by atoms with Gasteiger partial charge >= 0.3 is 0 Å². The van der Waals surface area contributed by atoms with Crippen LogP contribution >= 0.6 is 0 Å². The maximum absolute atomic E-state index is 11.9. The first kappa shape index (κ1) is 39.2. The number of anilines is 4. The number of hydrogen-bond donors (Lipinski definition) is 5. The molecule has 0 atom stereocenters. The lowest BCUT2D eigenvalue weighted by Gasteiger charge is -2.19. The van der Waals surface area contributed by atoms with Gasteiger partial charge in [0.15, 0.2) is 0 Å². The fourth-order valence-electron chi connectivity index (χ4n) is 7.07. The van der Waals surface area contributed by atoms with Crippen molar-refractivity contribution >= 4 is 89.5 Å². The van der Waals surface area contributed by atoms with E-state index in [0.29, 0.717) is 17.1 Å². The van der Waals surface area contributed by atoms with Gasteiger partial charge < -0.3 is 26.8 Å². The maximum atomic E-state index is 11.9. The second-order valence-electron chi connectivity index (χ2n) is 13.4. The number of carbonyl (C=O) groups is 4. The molecule has 0 radical (unpaired) electrons. The molecule has 284 valence electrons. The summed E-state index contributed by atoms with van der Waals surface area (Å²) in [5.41, 5.74) is 13.0. The molecular weight excluding hydrogens is 713 g/mol. The topological polar surface area (TPSA) is 151 Å². The van der Waals surface area contributed by atoms with Crippen LogP contribution in [0.2, 0.25) is 0 Å². The zero-order valence-electron chi connectivity index (χ0n) is 32.0. The van der Waals surface area contributed by atoms with Crippen LogP contribution in [0.5, 0.6) is 0 Å². The first-order valence-electron chi connectivity index (χ1n) is 18.3. The molecule has 57 heavy (non-hydrogen) atoms. The van der Waals surface area contributed by atoms with Crippen LogP contribution in [0.1, 0.15) is 27.7 Å². The third kappa shape index (κ3) is 8.90. The van der Waals surface area contributed by atoms with Gasteiger partial charge in [0, 0.05) is 72.7 Å². The Hall–Kier alpha value is -7.52. The van der Waals surface area contributed by atoms with Crippen LogP contribution in [0.4, 0.5) is 22.7 Å². The lowest BCUT2D eigenvalue weighted by atomic mass is 9.91. The molecule has 8 aromatic carbocycles. The molecule has 8 rings (SSSR count).